The van der Waals surface area contributed by atoms with E-state index in [2.05, 4.69) is 15.9 Å². The molecule has 1 heterocycles. The molecular weight excluding hydrogens is 378 g/mol. The number of benzene rings is 1. The summed E-state index contributed by atoms with van der Waals surface area (Å²) in [5.74, 6) is -0.776. The van der Waals surface area contributed by atoms with Gasteiger partial charge in [0.15, 0.2) is 0 Å². The Balaban J connectivity index is 2.73. The van der Waals surface area contributed by atoms with Gasteiger partial charge >= 0.3 is 12.1 Å². The molecule has 0 N–H and O–H groups in total. The molecule has 1 aromatic heterocycles. The zero-order chi connectivity index (χ0) is 18.1. The van der Waals surface area contributed by atoms with Gasteiger partial charge in [-0.1, -0.05) is 15.9 Å². The molecule has 1 aromatic carbocycles. The Morgan fingerprint density at radius 1 is 1.25 bits per heavy atom. The predicted molar refractivity (Wildman–Crippen MR) is 93.5 cm³/mol. The van der Waals surface area contributed by atoms with Crippen LogP contribution in [-0.4, -0.2) is 28.8 Å². The number of hydrogen-bond donors (Lipinski definition) is 0. The summed E-state index contributed by atoms with van der Waals surface area (Å²) < 4.78 is 12.1. The number of halogens is 1. The van der Waals surface area contributed by atoms with E-state index in [1.54, 1.807) is 45.9 Å². The molecule has 0 saturated heterocycles. The highest BCUT2D eigenvalue weighted by Crippen LogP contribution is 2.20. The fourth-order valence-electron chi connectivity index (χ4n) is 2.12. The molecule has 7 heteroatoms. The van der Waals surface area contributed by atoms with Gasteiger partial charge in [-0.05, 0) is 45.9 Å². The molecule has 6 nitrogen and oxygen atoms in total. The van der Waals surface area contributed by atoms with Gasteiger partial charge in [-0.2, -0.15) is 0 Å². The molecule has 0 spiro atoms. The molecule has 0 aliphatic heterocycles. The van der Waals surface area contributed by atoms with Crippen LogP contribution >= 0.6 is 15.9 Å². The maximum atomic E-state index is 12.6. The van der Waals surface area contributed by atoms with E-state index in [0.29, 0.717) is 9.99 Å². The zero-order valence-electron chi connectivity index (χ0n) is 13.9. The number of carbonyl (C=O) groups excluding carboxylic acids is 2. The van der Waals surface area contributed by atoms with E-state index in [-0.39, 0.29) is 17.6 Å². The quantitative estimate of drug-likeness (QED) is 0.724. The van der Waals surface area contributed by atoms with Crippen molar-refractivity contribution in [3.63, 3.8) is 0 Å². The number of aromatic nitrogens is 1. The number of nitrogens with zero attached hydrogens (tertiary/aromatic N) is 1. The van der Waals surface area contributed by atoms with Gasteiger partial charge in [-0.15, -0.1) is 0 Å². The van der Waals surface area contributed by atoms with Crippen LogP contribution in [0.4, 0.5) is 4.79 Å². The second kappa shape index (κ2) is 6.76. The van der Waals surface area contributed by atoms with Gasteiger partial charge in [0.1, 0.15) is 11.2 Å². The van der Waals surface area contributed by atoms with Crippen LogP contribution in [0.5, 0.6) is 0 Å². The molecule has 0 bridgehead atoms. The summed E-state index contributed by atoms with van der Waals surface area (Å²) in [6.45, 7) is 6.97. The standard InChI is InChI=1S/C17H18BrNO5/c1-5-23-15(21)12-9-19(16(22)24-17(2,3)4)13-7-6-10(18)8-11(13)14(12)20/h6-9H,5H2,1-4H3. The van der Waals surface area contributed by atoms with Gasteiger partial charge in [-0.25, -0.2) is 9.59 Å². The Hall–Kier alpha value is -2.15. The summed E-state index contributed by atoms with van der Waals surface area (Å²) in [6, 6.07) is 4.87. The number of rotatable bonds is 2. The van der Waals surface area contributed by atoms with Crippen LogP contribution in [-0.2, 0) is 9.47 Å². The molecule has 0 aliphatic carbocycles. The van der Waals surface area contributed by atoms with Crippen molar-refractivity contribution in [1.29, 1.82) is 0 Å². The number of ether oxygens (including phenoxy) is 2. The number of esters is 1. The van der Waals surface area contributed by atoms with Crippen molar-refractivity contribution in [2.24, 2.45) is 0 Å². The summed E-state index contributed by atoms with van der Waals surface area (Å²) in [5, 5.41) is 0.223. The van der Waals surface area contributed by atoms with E-state index in [1.807, 2.05) is 0 Å². The lowest BCUT2D eigenvalue weighted by Crippen LogP contribution is -2.29. The number of hydrogen-bond acceptors (Lipinski definition) is 5. The summed E-state index contributed by atoms with van der Waals surface area (Å²) >= 11 is 3.29. The summed E-state index contributed by atoms with van der Waals surface area (Å²) in [4.78, 5) is 37.1. The molecule has 2 rings (SSSR count). The first-order chi connectivity index (χ1) is 11.1. The molecular formula is C17H18BrNO5. The monoisotopic (exact) mass is 395 g/mol. The SMILES string of the molecule is CCOC(=O)c1cn(C(=O)OC(C)(C)C)c2ccc(Br)cc2c1=O. The fraction of sp³-hybridized carbons (Fsp3) is 0.353. The van der Waals surface area contributed by atoms with E-state index in [4.69, 9.17) is 9.47 Å². The van der Waals surface area contributed by atoms with Crippen molar-refractivity contribution in [3.05, 3.63) is 44.7 Å². The second-order valence-electron chi connectivity index (χ2n) is 6.10. The minimum Gasteiger partial charge on any atom is -0.462 e. The average Bonchev–Trinajstić information content (AvgIpc) is 2.46. The van der Waals surface area contributed by atoms with Crippen molar-refractivity contribution < 1.29 is 19.1 Å². The summed E-state index contributed by atoms with van der Waals surface area (Å²) in [6.07, 6.45) is 0.491. The van der Waals surface area contributed by atoms with Crippen molar-refractivity contribution >= 4 is 38.9 Å². The van der Waals surface area contributed by atoms with E-state index in [1.165, 1.54) is 6.20 Å². The topological polar surface area (TPSA) is 74.6 Å². The molecule has 0 amide bonds. The molecule has 0 atom stereocenters. The molecule has 0 unspecified atom stereocenters. The Morgan fingerprint density at radius 2 is 1.92 bits per heavy atom. The highest BCUT2D eigenvalue weighted by molar-refractivity contribution is 9.10. The van der Waals surface area contributed by atoms with Gasteiger partial charge < -0.3 is 9.47 Å². The molecule has 0 saturated carbocycles. The zero-order valence-corrected chi connectivity index (χ0v) is 15.5. The van der Waals surface area contributed by atoms with Gasteiger partial charge in [0, 0.05) is 16.1 Å². The Morgan fingerprint density at radius 3 is 2.50 bits per heavy atom. The first-order valence-electron chi connectivity index (χ1n) is 7.39. The third kappa shape index (κ3) is 3.84. The normalized spacial score (nSPS) is 11.4. The average molecular weight is 396 g/mol. The maximum absolute atomic E-state index is 12.6. The third-order valence-corrected chi connectivity index (χ3v) is 3.54. The van der Waals surface area contributed by atoms with Gasteiger partial charge in [0.05, 0.1) is 12.1 Å². The minimum absolute atomic E-state index is 0.126. The Labute approximate surface area is 147 Å². The molecule has 0 aliphatic rings. The van der Waals surface area contributed by atoms with E-state index < -0.39 is 23.1 Å². The van der Waals surface area contributed by atoms with E-state index in [9.17, 15) is 14.4 Å². The van der Waals surface area contributed by atoms with E-state index >= 15 is 0 Å². The molecule has 24 heavy (non-hydrogen) atoms. The van der Waals surface area contributed by atoms with Crippen molar-refractivity contribution in [2.45, 2.75) is 33.3 Å². The van der Waals surface area contributed by atoms with Crippen molar-refractivity contribution in [3.8, 4) is 0 Å². The lowest BCUT2D eigenvalue weighted by molar-refractivity contribution is 0.0521. The smallest absolute Gasteiger partial charge is 0.419 e. The van der Waals surface area contributed by atoms with Crippen LogP contribution in [0.3, 0.4) is 0 Å². The Bertz CT molecular complexity index is 864. The highest BCUT2D eigenvalue weighted by Gasteiger charge is 2.23. The van der Waals surface area contributed by atoms with Crippen LogP contribution in [0.15, 0.2) is 33.7 Å². The molecule has 2 aromatic rings. The third-order valence-electron chi connectivity index (χ3n) is 3.05. The van der Waals surface area contributed by atoms with Crippen molar-refractivity contribution in [2.75, 3.05) is 6.61 Å². The first-order valence-corrected chi connectivity index (χ1v) is 8.18. The maximum Gasteiger partial charge on any atom is 0.419 e. The van der Waals surface area contributed by atoms with Gasteiger partial charge in [-0.3, -0.25) is 9.36 Å². The summed E-state index contributed by atoms with van der Waals surface area (Å²) in [5.41, 5.74) is -1.07. The largest absolute Gasteiger partial charge is 0.462 e. The molecule has 0 fully saturated rings. The second-order valence-corrected chi connectivity index (χ2v) is 7.02. The van der Waals surface area contributed by atoms with Crippen LogP contribution in [0, 0.1) is 0 Å². The minimum atomic E-state index is -0.776. The number of carbonyl (C=O) groups is 2. The summed E-state index contributed by atoms with van der Waals surface area (Å²) in [7, 11) is 0. The van der Waals surface area contributed by atoms with Crippen LogP contribution in [0.25, 0.3) is 10.9 Å². The number of fused-ring (bicyclic) bond motifs is 1. The molecule has 128 valence electrons. The van der Waals surface area contributed by atoms with Gasteiger partial charge in [0.25, 0.3) is 0 Å². The van der Waals surface area contributed by atoms with Crippen molar-refractivity contribution in [1.82, 2.24) is 4.57 Å². The predicted octanol–water partition coefficient (Wildman–Crippen LogP) is 3.72. The highest BCUT2D eigenvalue weighted by atomic mass is 79.9. The van der Waals surface area contributed by atoms with E-state index in [0.717, 1.165) is 4.57 Å². The lowest BCUT2D eigenvalue weighted by atomic mass is 10.1. The number of pyridine rings is 1. The van der Waals surface area contributed by atoms with Gasteiger partial charge in [0.2, 0.25) is 5.43 Å². The molecule has 0 radical (unpaired) electrons. The van der Waals surface area contributed by atoms with Crippen LogP contribution in [0.2, 0.25) is 0 Å². The fourth-order valence-corrected chi connectivity index (χ4v) is 2.48. The lowest BCUT2D eigenvalue weighted by Gasteiger charge is -2.21. The Kier molecular flexibility index (Phi) is 5.13. The first kappa shape index (κ1) is 18.2. The van der Waals surface area contributed by atoms with Crippen LogP contribution in [0.1, 0.15) is 38.1 Å². The van der Waals surface area contributed by atoms with Crippen LogP contribution < -0.4 is 5.43 Å².